The van der Waals surface area contributed by atoms with Crippen molar-refractivity contribution >= 4 is 29.6 Å². The molecule has 1 heterocycles. The Balaban J connectivity index is 1.42. The van der Waals surface area contributed by atoms with Gasteiger partial charge in [-0.05, 0) is 48.9 Å². The summed E-state index contributed by atoms with van der Waals surface area (Å²) in [4.78, 5) is 37.5. The molecule has 1 saturated heterocycles. The molecule has 0 saturated carbocycles. The molecule has 0 radical (unpaired) electrons. The van der Waals surface area contributed by atoms with Gasteiger partial charge in [0.1, 0.15) is 5.75 Å². The van der Waals surface area contributed by atoms with Crippen molar-refractivity contribution in [2.75, 3.05) is 38.2 Å². The van der Waals surface area contributed by atoms with Gasteiger partial charge in [0.05, 0.1) is 19.4 Å². The second kappa shape index (κ2) is 10.9. The number of morpholine rings is 1. The Bertz CT molecular complexity index is 935. The molecule has 0 aromatic heterocycles. The minimum absolute atomic E-state index is 0.0421. The molecule has 3 rings (SSSR count). The first-order valence-electron chi connectivity index (χ1n) is 9.81. The van der Waals surface area contributed by atoms with Crippen LogP contribution in [0, 0.1) is 6.92 Å². The van der Waals surface area contributed by atoms with E-state index < -0.39 is 11.8 Å². The maximum Gasteiger partial charge on any atom is 0.329 e. The number of rotatable bonds is 6. The zero-order valence-electron chi connectivity index (χ0n) is 17.2. The molecule has 1 aliphatic heterocycles. The highest BCUT2D eigenvalue weighted by atomic mass is 16.5. The fourth-order valence-electron chi connectivity index (χ4n) is 2.74. The van der Waals surface area contributed by atoms with E-state index in [9.17, 15) is 14.4 Å². The van der Waals surface area contributed by atoms with Crippen LogP contribution >= 0.6 is 0 Å². The third-order valence-electron chi connectivity index (χ3n) is 4.50. The summed E-state index contributed by atoms with van der Waals surface area (Å²) in [5, 5.41) is 6.28. The number of hydrogen-bond donors (Lipinski definition) is 2. The van der Waals surface area contributed by atoms with Crippen molar-refractivity contribution in [2.45, 2.75) is 6.92 Å². The van der Waals surface area contributed by atoms with E-state index in [0.29, 0.717) is 43.3 Å². The maximum absolute atomic E-state index is 12.1. The van der Waals surface area contributed by atoms with Crippen molar-refractivity contribution in [1.82, 2.24) is 10.3 Å². The molecule has 0 spiro atoms. The van der Waals surface area contributed by atoms with Crippen molar-refractivity contribution in [2.24, 2.45) is 5.10 Å². The first kappa shape index (κ1) is 22.0. The first-order chi connectivity index (χ1) is 15.0. The molecule has 0 aliphatic carbocycles. The number of carbonyl (C=O) groups excluding carboxylic acids is 3. The Morgan fingerprint density at radius 1 is 1.03 bits per heavy atom. The molecule has 9 heteroatoms. The Kier molecular flexibility index (Phi) is 7.72. The van der Waals surface area contributed by atoms with Crippen LogP contribution in [0.15, 0.2) is 53.6 Å². The van der Waals surface area contributed by atoms with Crippen molar-refractivity contribution in [1.29, 1.82) is 0 Å². The van der Waals surface area contributed by atoms with Gasteiger partial charge >= 0.3 is 11.8 Å². The van der Waals surface area contributed by atoms with Gasteiger partial charge in [-0.2, -0.15) is 5.10 Å². The maximum atomic E-state index is 12.1. The van der Waals surface area contributed by atoms with Gasteiger partial charge in [-0.25, -0.2) is 5.43 Å². The zero-order valence-corrected chi connectivity index (χ0v) is 17.2. The molecule has 9 nitrogen and oxygen atoms in total. The Hall–Kier alpha value is -3.72. The summed E-state index contributed by atoms with van der Waals surface area (Å²) < 4.78 is 10.7. The van der Waals surface area contributed by atoms with Gasteiger partial charge in [0.25, 0.3) is 5.91 Å². The molecule has 2 aromatic carbocycles. The summed E-state index contributed by atoms with van der Waals surface area (Å²) >= 11 is 0. The smallest absolute Gasteiger partial charge is 0.329 e. The highest BCUT2D eigenvalue weighted by Gasteiger charge is 2.17. The van der Waals surface area contributed by atoms with Crippen LogP contribution in [0.3, 0.4) is 0 Å². The highest BCUT2D eigenvalue weighted by molar-refractivity contribution is 6.39. The number of aryl methyl sites for hydroxylation is 1. The highest BCUT2D eigenvalue weighted by Crippen LogP contribution is 2.12. The summed E-state index contributed by atoms with van der Waals surface area (Å²) in [6.45, 7) is 4.13. The van der Waals surface area contributed by atoms with Gasteiger partial charge in [-0.1, -0.05) is 17.7 Å². The fourth-order valence-corrected chi connectivity index (χ4v) is 2.74. The number of anilines is 1. The zero-order chi connectivity index (χ0) is 22.1. The minimum atomic E-state index is -0.876. The molecule has 1 fully saturated rings. The summed E-state index contributed by atoms with van der Waals surface area (Å²) in [5.41, 5.74) is 4.44. The number of ether oxygens (including phenoxy) is 2. The summed E-state index contributed by atoms with van der Waals surface area (Å²) in [6, 6.07) is 13.9. The fraction of sp³-hybridized carbons (Fsp3) is 0.273. The monoisotopic (exact) mass is 424 g/mol. The standard InChI is InChI=1S/C22H24N4O5/c1-16-2-6-18(7-3-16)24-21(28)22(29)25-23-14-17-4-8-19(9-5-17)31-15-20(27)26-10-12-30-13-11-26/h2-9,14H,10-13,15H2,1H3,(H,24,28)(H,25,29)/b23-14-. The molecule has 2 N–H and O–H groups in total. The molecule has 0 atom stereocenters. The SMILES string of the molecule is Cc1ccc(NC(=O)C(=O)N/N=C\c2ccc(OCC(=O)N3CCOCC3)cc2)cc1. The lowest BCUT2D eigenvalue weighted by Crippen LogP contribution is -2.42. The Morgan fingerprint density at radius 2 is 1.71 bits per heavy atom. The van der Waals surface area contributed by atoms with Gasteiger partial charge in [0.15, 0.2) is 6.61 Å². The van der Waals surface area contributed by atoms with Crippen molar-refractivity contribution < 1.29 is 23.9 Å². The molecule has 2 aromatic rings. The van der Waals surface area contributed by atoms with E-state index in [0.717, 1.165) is 5.56 Å². The van der Waals surface area contributed by atoms with E-state index in [-0.39, 0.29) is 12.5 Å². The van der Waals surface area contributed by atoms with Crippen molar-refractivity contribution in [3.63, 3.8) is 0 Å². The Labute approximate surface area is 180 Å². The number of nitrogens with one attached hydrogen (secondary N) is 2. The average molecular weight is 424 g/mol. The van der Waals surface area contributed by atoms with Gasteiger partial charge in [0.2, 0.25) is 0 Å². The average Bonchev–Trinajstić information content (AvgIpc) is 2.80. The number of benzene rings is 2. The second-order valence-electron chi connectivity index (χ2n) is 6.87. The lowest BCUT2D eigenvalue weighted by molar-refractivity contribution is -0.137. The van der Waals surface area contributed by atoms with Gasteiger partial charge < -0.3 is 19.7 Å². The molecule has 31 heavy (non-hydrogen) atoms. The van der Waals surface area contributed by atoms with Crippen LogP contribution < -0.4 is 15.5 Å². The van der Waals surface area contributed by atoms with E-state index >= 15 is 0 Å². The number of amides is 3. The molecule has 0 bridgehead atoms. The minimum Gasteiger partial charge on any atom is -0.484 e. The number of nitrogens with zero attached hydrogens (tertiary/aromatic N) is 2. The third kappa shape index (κ3) is 6.93. The first-order valence-corrected chi connectivity index (χ1v) is 9.81. The van der Waals surface area contributed by atoms with Crippen LogP contribution in [0.2, 0.25) is 0 Å². The largest absolute Gasteiger partial charge is 0.484 e. The third-order valence-corrected chi connectivity index (χ3v) is 4.50. The number of hydrazone groups is 1. The van der Waals surface area contributed by atoms with E-state index in [1.165, 1.54) is 6.21 Å². The molecule has 162 valence electrons. The van der Waals surface area contributed by atoms with Crippen molar-refractivity contribution in [3.05, 3.63) is 59.7 Å². The second-order valence-corrected chi connectivity index (χ2v) is 6.87. The van der Waals surface area contributed by atoms with E-state index in [1.54, 1.807) is 41.3 Å². The summed E-state index contributed by atoms with van der Waals surface area (Å²) in [5.74, 6) is -1.23. The van der Waals surface area contributed by atoms with E-state index in [2.05, 4.69) is 15.8 Å². The van der Waals surface area contributed by atoms with Gasteiger partial charge in [-0.15, -0.1) is 0 Å². The molecular weight excluding hydrogens is 400 g/mol. The van der Waals surface area contributed by atoms with Gasteiger partial charge in [-0.3, -0.25) is 14.4 Å². The lowest BCUT2D eigenvalue weighted by atomic mass is 10.2. The van der Waals surface area contributed by atoms with Crippen LogP contribution in [0.4, 0.5) is 5.69 Å². The van der Waals surface area contributed by atoms with E-state index in [4.69, 9.17) is 9.47 Å². The summed E-state index contributed by atoms with van der Waals surface area (Å²) in [6.07, 6.45) is 1.40. The number of carbonyl (C=O) groups is 3. The van der Waals surface area contributed by atoms with Crippen LogP contribution in [0.5, 0.6) is 5.75 Å². The summed E-state index contributed by atoms with van der Waals surface area (Å²) in [7, 11) is 0. The topological polar surface area (TPSA) is 109 Å². The predicted octanol–water partition coefficient (Wildman–Crippen LogP) is 1.32. The normalized spacial score (nSPS) is 13.6. The molecular formula is C22H24N4O5. The molecule has 3 amide bonds. The molecule has 0 unspecified atom stereocenters. The Morgan fingerprint density at radius 3 is 2.39 bits per heavy atom. The van der Waals surface area contributed by atoms with Crippen LogP contribution in [-0.4, -0.2) is 61.7 Å². The predicted molar refractivity (Wildman–Crippen MR) is 115 cm³/mol. The van der Waals surface area contributed by atoms with Gasteiger partial charge in [0, 0.05) is 18.8 Å². The van der Waals surface area contributed by atoms with Crippen LogP contribution in [0.25, 0.3) is 0 Å². The molecule has 1 aliphatic rings. The quantitative estimate of drug-likeness (QED) is 0.413. The lowest BCUT2D eigenvalue weighted by Gasteiger charge is -2.26. The van der Waals surface area contributed by atoms with E-state index in [1.807, 2.05) is 19.1 Å². The number of hydrogen-bond acceptors (Lipinski definition) is 6. The van der Waals surface area contributed by atoms with Crippen LogP contribution in [0.1, 0.15) is 11.1 Å². The van der Waals surface area contributed by atoms with Crippen molar-refractivity contribution in [3.8, 4) is 5.75 Å². The van der Waals surface area contributed by atoms with Crippen LogP contribution in [-0.2, 0) is 19.1 Å².